The second kappa shape index (κ2) is 17.1. The van der Waals surface area contributed by atoms with E-state index in [2.05, 4.69) is 0 Å². The lowest BCUT2D eigenvalue weighted by molar-refractivity contribution is -0.145. The van der Waals surface area contributed by atoms with E-state index in [1.54, 1.807) is 6.92 Å². The number of halogens is 6. The number of carbonyl (C=O) groups excluding carboxylic acids is 1. The second-order valence-corrected chi connectivity index (χ2v) is 21.0. The summed E-state index contributed by atoms with van der Waals surface area (Å²) in [4.78, 5) is 11.6. The number of ether oxygens (including phenoxy) is 3. The van der Waals surface area contributed by atoms with Crippen molar-refractivity contribution in [1.82, 2.24) is 0 Å². The highest BCUT2D eigenvalue weighted by atomic mass is 35.5. The fraction of sp³-hybridized carbons (Fsp3) is 0.419. The molecule has 4 aromatic carbocycles. The normalized spacial score (nSPS) is 25.7. The van der Waals surface area contributed by atoms with E-state index in [0.29, 0.717) is 35.7 Å². The lowest BCUT2D eigenvalue weighted by atomic mass is 9.69. The van der Waals surface area contributed by atoms with Crippen LogP contribution in [0.4, 0.5) is 17.6 Å². The van der Waals surface area contributed by atoms with Crippen LogP contribution in [-0.2, 0) is 38.7 Å². The van der Waals surface area contributed by atoms with Crippen molar-refractivity contribution in [2.45, 2.75) is 71.2 Å². The van der Waals surface area contributed by atoms with E-state index in [9.17, 15) is 39.9 Å². The van der Waals surface area contributed by atoms with Crippen molar-refractivity contribution in [3.8, 4) is 11.5 Å². The molecule has 2 saturated carbocycles. The van der Waals surface area contributed by atoms with E-state index >= 15 is 4.39 Å². The van der Waals surface area contributed by atoms with E-state index < -0.39 is 64.3 Å². The molecule has 2 aliphatic carbocycles. The van der Waals surface area contributed by atoms with Gasteiger partial charge in [0.25, 0.3) is 0 Å². The zero-order valence-electron chi connectivity index (χ0n) is 32.3. The average molecular weight is 914 g/mol. The largest absolute Gasteiger partial charge is 0.490 e. The fourth-order valence-corrected chi connectivity index (χ4v) is 14.5. The number of fused-ring (bicyclic) bond motifs is 6. The van der Waals surface area contributed by atoms with Gasteiger partial charge in [-0.05, 0) is 123 Å². The number of carbonyl (C=O) groups is 1. The molecule has 0 amide bonds. The van der Waals surface area contributed by atoms with Crippen LogP contribution in [-0.4, -0.2) is 54.3 Å². The molecule has 17 heteroatoms. The molecule has 1 N–H and O–H groups in total. The zero-order valence-corrected chi connectivity index (χ0v) is 35.5. The van der Waals surface area contributed by atoms with Crippen LogP contribution in [0.1, 0.15) is 63.0 Å². The molecule has 4 aliphatic rings. The van der Waals surface area contributed by atoms with Gasteiger partial charge in [-0.15, -0.1) is 0 Å². The standard InChI is InChI=1S/C23H23ClF2O5S.C20H19ClF2O4S/c1-2-20(27)30-12-14-9-10-23(32(28,29)17-5-3-16(24)4-6-17)15(11-14)13-31-22-19(26)8-7-18(25)21(22)23;21-14-1-3-15(4-2-14)28(25,26)20-8-7-12(10-24)9-13(20)11-27-19-17(23)6-5-16(22)18(19)20/h3-8,14-15H,2,9-13H2,1H3;1-6,12-13,24H,7-11H2/t14-,15-,23+;12-,13-,20+/m11/s1. The van der Waals surface area contributed by atoms with Crippen LogP contribution in [0, 0.1) is 46.9 Å². The molecule has 8 rings (SSSR count). The third-order valence-corrected chi connectivity index (χ3v) is 18.1. The van der Waals surface area contributed by atoms with Gasteiger partial charge < -0.3 is 19.3 Å². The summed E-state index contributed by atoms with van der Waals surface area (Å²) in [6.07, 6.45) is 1.80. The molecule has 0 saturated heterocycles. The number of sulfone groups is 2. The fourth-order valence-electron chi connectivity index (χ4n) is 9.49. The average Bonchev–Trinajstić information content (AvgIpc) is 3.24. The maximum Gasteiger partial charge on any atom is 0.305 e. The van der Waals surface area contributed by atoms with Crippen LogP contribution < -0.4 is 9.47 Å². The summed E-state index contributed by atoms with van der Waals surface area (Å²) in [5, 5.41) is 10.3. The Hall–Kier alpha value is -3.89. The van der Waals surface area contributed by atoms with E-state index in [4.69, 9.17) is 37.4 Å². The van der Waals surface area contributed by atoms with Gasteiger partial charge in [0, 0.05) is 34.9 Å². The van der Waals surface area contributed by atoms with Crippen molar-refractivity contribution in [3.63, 3.8) is 0 Å². The minimum absolute atomic E-state index is 0.000796. The van der Waals surface area contributed by atoms with Crippen LogP contribution in [0.5, 0.6) is 11.5 Å². The molecular weight excluding hydrogens is 871 g/mol. The lowest BCUT2D eigenvalue weighted by Crippen LogP contribution is -2.52. The first-order valence-electron chi connectivity index (χ1n) is 19.5. The van der Waals surface area contributed by atoms with Crippen LogP contribution in [0.2, 0.25) is 10.0 Å². The van der Waals surface area contributed by atoms with Gasteiger partial charge in [0.2, 0.25) is 0 Å². The molecule has 0 spiro atoms. The Labute approximate surface area is 355 Å². The Morgan fingerprint density at radius 3 is 1.50 bits per heavy atom. The van der Waals surface area contributed by atoms with Crippen LogP contribution >= 0.6 is 23.2 Å². The van der Waals surface area contributed by atoms with Crippen molar-refractivity contribution < 1.29 is 58.5 Å². The van der Waals surface area contributed by atoms with Gasteiger partial charge in [-0.3, -0.25) is 4.79 Å². The van der Waals surface area contributed by atoms with E-state index in [-0.39, 0.29) is 95.9 Å². The summed E-state index contributed by atoms with van der Waals surface area (Å²) in [6.45, 7) is 1.61. The molecule has 2 aliphatic heterocycles. The molecule has 322 valence electrons. The zero-order chi connectivity index (χ0) is 43.2. The van der Waals surface area contributed by atoms with Crippen molar-refractivity contribution in [2.75, 3.05) is 26.4 Å². The molecule has 0 unspecified atom stereocenters. The number of rotatable bonds is 8. The molecule has 0 aromatic heterocycles. The molecule has 0 bridgehead atoms. The van der Waals surface area contributed by atoms with Gasteiger partial charge in [-0.2, -0.15) is 0 Å². The molecule has 9 nitrogen and oxygen atoms in total. The first-order chi connectivity index (χ1) is 28.5. The van der Waals surface area contributed by atoms with Crippen LogP contribution in [0.15, 0.2) is 82.6 Å². The van der Waals surface area contributed by atoms with Gasteiger partial charge in [0.1, 0.15) is 21.1 Å². The molecule has 4 aromatic rings. The molecule has 6 atom stereocenters. The van der Waals surface area contributed by atoms with Crippen molar-refractivity contribution in [2.24, 2.45) is 23.7 Å². The quantitative estimate of drug-likeness (QED) is 0.136. The Kier molecular flexibility index (Phi) is 12.6. The van der Waals surface area contributed by atoms with Crippen molar-refractivity contribution in [1.29, 1.82) is 0 Å². The van der Waals surface area contributed by atoms with Gasteiger partial charge in [-0.1, -0.05) is 30.1 Å². The Bertz CT molecular complexity index is 2490. The monoisotopic (exact) mass is 912 g/mol. The van der Waals surface area contributed by atoms with Gasteiger partial charge in [0.15, 0.2) is 42.8 Å². The molecule has 0 radical (unpaired) electrons. The smallest absolute Gasteiger partial charge is 0.305 e. The van der Waals surface area contributed by atoms with Gasteiger partial charge in [-0.25, -0.2) is 34.4 Å². The molecule has 60 heavy (non-hydrogen) atoms. The third-order valence-electron chi connectivity index (χ3n) is 12.5. The topological polar surface area (TPSA) is 133 Å². The number of aliphatic hydroxyl groups is 1. The van der Waals surface area contributed by atoms with Gasteiger partial charge in [0.05, 0.1) is 40.7 Å². The third kappa shape index (κ3) is 7.45. The number of benzene rings is 4. The van der Waals surface area contributed by atoms with E-state index in [1.807, 2.05) is 0 Å². The summed E-state index contributed by atoms with van der Waals surface area (Å²) in [5.41, 5.74) is -0.497. The highest BCUT2D eigenvalue weighted by Gasteiger charge is 2.61. The van der Waals surface area contributed by atoms with Crippen molar-refractivity contribution in [3.05, 3.63) is 117 Å². The minimum atomic E-state index is -4.17. The maximum atomic E-state index is 15.2. The van der Waals surface area contributed by atoms with Crippen molar-refractivity contribution >= 4 is 48.8 Å². The predicted molar refractivity (Wildman–Crippen MR) is 214 cm³/mol. The van der Waals surface area contributed by atoms with E-state index in [0.717, 1.165) is 24.3 Å². The second-order valence-electron chi connectivity index (χ2n) is 15.7. The number of hydrogen-bond donors (Lipinski definition) is 1. The lowest BCUT2D eigenvalue weighted by Gasteiger charge is -2.49. The molecule has 2 fully saturated rings. The number of hydrogen-bond acceptors (Lipinski definition) is 9. The van der Waals surface area contributed by atoms with Gasteiger partial charge >= 0.3 is 5.97 Å². The molecular formula is C43H42Cl2F4O9S2. The predicted octanol–water partition coefficient (Wildman–Crippen LogP) is 9.14. The summed E-state index contributed by atoms with van der Waals surface area (Å²) < 4.78 is 128. The summed E-state index contributed by atoms with van der Waals surface area (Å²) in [6, 6.07) is 15.1. The minimum Gasteiger partial charge on any atom is -0.490 e. The summed E-state index contributed by atoms with van der Waals surface area (Å²) in [7, 11) is -8.28. The highest BCUT2D eigenvalue weighted by Crippen LogP contribution is 2.59. The number of esters is 1. The highest BCUT2D eigenvalue weighted by molar-refractivity contribution is 7.92. The Morgan fingerprint density at radius 2 is 1.08 bits per heavy atom. The Morgan fingerprint density at radius 1 is 0.683 bits per heavy atom. The summed E-state index contributed by atoms with van der Waals surface area (Å²) >= 11 is 11.8. The van der Waals surface area contributed by atoms with E-state index in [1.165, 1.54) is 48.5 Å². The van der Waals surface area contributed by atoms with Crippen LogP contribution in [0.25, 0.3) is 0 Å². The maximum absolute atomic E-state index is 15.2. The first-order valence-corrected chi connectivity index (χ1v) is 23.2. The molecule has 2 heterocycles. The first kappa shape index (κ1) is 44.2. The summed E-state index contributed by atoms with van der Waals surface area (Å²) in [5.74, 6) is -5.71. The SMILES string of the molecule is CCC(=O)OC[C@@H]1CC[C@@]2(S(=O)(=O)c3ccc(Cl)cc3)c3c(F)ccc(F)c3OC[C@H]2C1.O=S(=O)(c1ccc(Cl)cc1)[C@@]12CC[C@@H](CO)C[C@@H]1COc1c(F)ccc(F)c12. The Balaban J connectivity index is 0.000000183. The van der Waals surface area contributed by atoms with Crippen LogP contribution in [0.3, 0.4) is 0 Å². The number of aliphatic hydroxyl groups excluding tert-OH is 1.